The predicted octanol–water partition coefficient (Wildman–Crippen LogP) is 4.70. The van der Waals surface area contributed by atoms with Crippen LogP contribution in [0.3, 0.4) is 0 Å². The number of pyridine rings is 1. The van der Waals surface area contributed by atoms with Gasteiger partial charge in [-0.25, -0.2) is 14.4 Å². The highest BCUT2D eigenvalue weighted by Gasteiger charge is 2.39. The van der Waals surface area contributed by atoms with Crippen molar-refractivity contribution in [1.29, 1.82) is 0 Å². The van der Waals surface area contributed by atoms with E-state index in [1.165, 1.54) is 23.0 Å². The SMILES string of the molecule is NC(CCc1ccc(-c2nc3ccc(C4(c5ccccc5)C=C4)nc3s2)c(F)c1)C(=O)O. The molecular formula is C25H20FN3O2S. The first-order valence-corrected chi connectivity index (χ1v) is 11.1. The number of aryl methyl sites for hydroxylation is 1. The van der Waals surface area contributed by atoms with Crippen LogP contribution < -0.4 is 5.73 Å². The van der Waals surface area contributed by atoms with Gasteiger partial charge in [-0.2, -0.15) is 0 Å². The van der Waals surface area contributed by atoms with Gasteiger partial charge in [-0.3, -0.25) is 4.79 Å². The molecule has 4 aromatic rings. The standard InChI is InChI=1S/C25H20FN3O2S/c26-18-14-15(7-9-19(27)24(30)31)6-8-17(18)22-28-20-10-11-21(29-23(20)32-22)25(12-13-25)16-4-2-1-3-5-16/h1-6,8,10-14,19H,7,9,27H2,(H,30,31). The third kappa shape index (κ3) is 3.70. The number of hydrogen-bond acceptors (Lipinski definition) is 5. The molecule has 0 saturated carbocycles. The zero-order valence-electron chi connectivity index (χ0n) is 17.0. The molecule has 32 heavy (non-hydrogen) atoms. The Morgan fingerprint density at radius 1 is 1.09 bits per heavy atom. The van der Waals surface area contributed by atoms with Gasteiger partial charge in [0.2, 0.25) is 0 Å². The molecule has 1 unspecified atom stereocenters. The van der Waals surface area contributed by atoms with Gasteiger partial charge in [0.05, 0.1) is 11.1 Å². The van der Waals surface area contributed by atoms with Crippen molar-refractivity contribution in [3.05, 3.63) is 95.5 Å². The lowest BCUT2D eigenvalue weighted by Gasteiger charge is -2.15. The molecule has 5 nitrogen and oxygen atoms in total. The van der Waals surface area contributed by atoms with Crippen molar-refractivity contribution in [2.24, 2.45) is 5.73 Å². The molecule has 0 radical (unpaired) electrons. The molecular weight excluding hydrogens is 425 g/mol. The topological polar surface area (TPSA) is 89.1 Å². The second kappa shape index (κ2) is 7.93. The average Bonchev–Trinajstić information content (AvgIpc) is 3.51. The minimum atomic E-state index is -1.06. The number of nitrogens with two attached hydrogens (primary N) is 1. The number of fused-ring (bicyclic) bond motifs is 1. The molecule has 5 rings (SSSR count). The average molecular weight is 446 g/mol. The molecule has 160 valence electrons. The summed E-state index contributed by atoms with van der Waals surface area (Å²) in [5.41, 5.74) is 9.20. The van der Waals surface area contributed by atoms with Crippen molar-refractivity contribution in [3.63, 3.8) is 0 Å². The van der Waals surface area contributed by atoms with E-state index in [2.05, 4.69) is 29.3 Å². The van der Waals surface area contributed by atoms with E-state index in [1.807, 2.05) is 30.3 Å². The Morgan fingerprint density at radius 2 is 1.88 bits per heavy atom. The summed E-state index contributed by atoms with van der Waals surface area (Å²) < 4.78 is 14.8. The Balaban J connectivity index is 1.42. The van der Waals surface area contributed by atoms with Gasteiger partial charge in [0.25, 0.3) is 0 Å². The third-order valence-electron chi connectivity index (χ3n) is 5.76. The number of halogens is 1. The van der Waals surface area contributed by atoms with Gasteiger partial charge in [-0.1, -0.05) is 59.9 Å². The molecule has 0 aliphatic heterocycles. The summed E-state index contributed by atoms with van der Waals surface area (Å²) in [6.07, 6.45) is 4.91. The van der Waals surface area contributed by atoms with Crippen LogP contribution in [0.4, 0.5) is 4.39 Å². The van der Waals surface area contributed by atoms with E-state index in [9.17, 15) is 9.18 Å². The largest absolute Gasteiger partial charge is 0.480 e. The molecule has 0 fully saturated rings. The predicted molar refractivity (Wildman–Crippen MR) is 123 cm³/mol. The summed E-state index contributed by atoms with van der Waals surface area (Å²) in [6, 6.07) is 18.0. The number of carbonyl (C=O) groups is 1. The number of aromatic nitrogens is 2. The van der Waals surface area contributed by atoms with Crippen molar-refractivity contribution in [1.82, 2.24) is 9.97 Å². The van der Waals surface area contributed by atoms with E-state index in [4.69, 9.17) is 15.8 Å². The van der Waals surface area contributed by atoms with Crippen LogP contribution in [0.5, 0.6) is 0 Å². The molecule has 0 saturated heterocycles. The van der Waals surface area contributed by atoms with Gasteiger partial charge < -0.3 is 10.8 Å². The minimum absolute atomic E-state index is 0.249. The molecule has 1 aliphatic carbocycles. The second-order valence-electron chi connectivity index (χ2n) is 7.91. The summed E-state index contributed by atoms with van der Waals surface area (Å²) >= 11 is 1.36. The second-order valence-corrected chi connectivity index (χ2v) is 8.88. The highest BCUT2D eigenvalue weighted by molar-refractivity contribution is 7.21. The van der Waals surface area contributed by atoms with Crippen LogP contribution in [0.2, 0.25) is 0 Å². The van der Waals surface area contributed by atoms with Gasteiger partial charge in [0.1, 0.15) is 27.2 Å². The number of carboxylic acid groups (broad SMARTS) is 1. The van der Waals surface area contributed by atoms with Crippen molar-refractivity contribution in [2.75, 3.05) is 0 Å². The number of hydrogen-bond donors (Lipinski definition) is 2. The Hall–Kier alpha value is -3.42. The Labute approximate surface area is 188 Å². The highest BCUT2D eigenvalue weighted by Crippen LogP contribution is 2.45. The fraction of sp³-hybridized carbons (Fsp3) is 0.160. The first-order chi connectivity index (χ1) is 15.5. The summed E-state index contributed by atoms with van der Waals surface area (Å²) in [7, 11) is 0. The molecule has 1 atom stereocenters. The van der Waals surface area contributed by atoms with E-state index in [0.29, 0.717) is 22.6 Å². The summed E-state index contributed by atoms with van der Waals surface area (Å²) in [4.78, 5) is 21.1. The number of carboxylic acids is 1. The number of rotatable bonds is 7. The summed E-state index contributed by atoms with van der Waals surface area (Å²) in [5.74, 6) is -1.45. The number of nitrogens with zero attached hydrogens (tertiary/aromatic N) is 2. The Morgan fingerprint density at radius 3 is 2.56 bits per heavy atom. The lowest BCUT2D eigenvalue weighted by molar-refractivity contribution is -0.138. The van der Waals surface area contributed by atoms with Gasteiger partial charge in [-0.05, 0) is 48.2 Å². The van der Waals surface area contributed by atoms with Crippen molar-refractivity contribution in [2.45, 2.75) is 24.3 Å². The van der Waals surface area contributed by atoms with Gasteiger partial charge >= 0.3 is 5.97 Å². The van der Waals surface area contributed by atoms with Crippen LogP contribution in [-0.4, -0.2) is 27.1 Å². The van der Waals surface area contributed by atoms with Gasteiger partial charge in [0.15, 0.2) is 0 Å². The molecule has 7 heteroatoms. The molecule has 2 aromatic carbocycles. The van der Waals surface area contributed by atoms with Crippen molar-refractivity contribution < 1.29 is 14.3 Å². The maximum absolute atomic E-state index is 14.8. The Kier molecular flexibility index (Phi) is 5.07. The maximum Gasteiger partial charge on any atom is 0.320 e. The quantitative estimate of drug-likeness (QED) is 0.403. The maximum atomic E-state index is 14.8. The number of benzene rings is 2. The number of aliphatic carboxylic acids is 1. The lowest BCUT2D eigenvalue weighted by Crippen LogP contribution is -2.30. The van der Waals surface area contributed by atoms with Crippen LogP contribution in [0, 0.1) is 5.82 Å². The van der Waals surface area contributed by atoms with Crippen LogP contribution >= 0.6 is 11.3 Å². The lowest BCUT2D eigenvalue weighted by atomic mass is 9.89. The molecule has 0 amide bonds. The van der Waals surface area contributed by atoms with E-state index >= 15 is 0 Å². The number of allylic oxidation sites excluding steroid dienone is 2. The van der Waals surface area contributed by atoms with Crippen molar-refractivity contribution in [3.8, 4) is 10.6 Å². The van der Waals surface area contributed by atoms with Crippen LogP contribution in [0.1, 0.15) is 23.2 Å². The molecule has 3 N–H and O–H groups in total. The summed E-state index contributed by atoms with van der Waals surface area (Å²) in [5, 5.41) is 9.46. The Bertz CT molecular complexity index is 1340. The van der Waals surface area contributed by atoms with E-state index in [-0.39, 0.29) is 11.8 Å². The number of thiazole rings is 1. The fourth-order valence-electron chi connectivity index (χ4n) is 3.80. The zero-order chi connectivity index (χ0) is 22.3. The van der Waals surface area contributed by atoms with Crippen molar-refractivity contribution >= 4 is 27.7 Å². The molecule has 2 heterocycles. The van der Waals surface area contributed by atoms with Crippen LogP contribution in [0.25, 0.3) is 20.9 Å². The first kappa shape index (κ1) is 20.5. The molecule has 0 spiro atoms. The molecule has 1 aliphatic rings. The van der Waals surface area contributed by atoms with E-state index in [0.717, 1.165) is 16.0 Å². The van der Waals surface area contributed by atoms with Gasteiger partial charge in [-0.15, -0.1) is 0 Å². The highest BCUT2D eigenvalue weighted by atomic mass is 32.1. The molecule has 2 aromatic heterocycles. The van der Waals surface area contributed by atoms with E-state index in [1.54, 1.807) is 12.1 Å². The van der Waals surface area contributed by atoms with Gasteiger partial charge in [0, 0.05) is 5.56 Å². The first-order valence-electron chi connectivity index (χ1n) is 10.3. The molecule has 0 bridgehead atoms. The monoisotopic (exact) mass is 445 g/mol. The van der Waals surface area contributed by atoms with Crippen LogP contribution in [0.15, 0.2) is 72.8 Å². The fourth-order valence-corrected chi connectivity index (χ4v) is 4.77. The zero-order valence-corrected chi connectivity index (χ0v) is 17.8. The third-order valence-corrected chi connectivity index (χ3v) is 6.75. The van der Waals surface area contributed by atoms with Crippen LogP contribution in [-0.2, 0) is 16.6 Å². The minimum Gasteiger partial charge on any atom is -0.480 e. The smallest absolute Gasteiger partial charge is 0.320 e. The summed E-state index contributed by atoms with van der Waals surface area (Å²) in [6.45, 7) is 0. The normalized spacial score (nSPS) is 15.1. The van der Waals surface area contributed by atoms with E-state index < -0.39 is 17.8 Å².